The van der Waals surface area contributed by atoms with Crippen molar-refractivity contribution in [3.8, 4) is 0 Å². The zero-order chi connectivity index (χ0) is 9.30. The van der Waals surface area contributed by atoms with Crippen LogP contribution < -0.4 is 0 Å². The quantitative estimate of drug-likeness (QED) is 0.507. The zero-order valence-corrected chi connectivity index (χ0v) is 8.73. The van der Waals surface area contributed by atoms with Crippen molar-refractivity contribution in [2.75, 3.05) is 0 Å². The van der Waals surface area contributed by atoms with Gasteiger partial charge in [0.15, 0.2) is 0 Å². The number of hydrogen-bond donors (Lipinski definition) is 0. The van der Waals surface area contributed by atoms with Gasteiger partial charge in [-0.2, -0.15) is 0 Å². The molecule has 0 fully saturated rings. The van der Waals surface area contributed by atoms with Gasteiger partial charge in [0.05, 0.1) is 0 Å². The summed E-state index contributed by atoms with van der Waals surface area (Å²) < 4.78 is 0. The number of allylic oxidation sites excluding steroid dienone is 6. The fraction of sp³-hybridized carbons (Fsp3) is 0.500. The minimum absolute atomic E-state index is 0.581. The SMILES string of the molecule is CC1=CC(C)C=C(C)C(C)=C1C. The van der Waals surface area contributed by atoms with Gasteiger partial charge in [-0.3, -0.25) is 0 Å². The topological polar surface area (TPSA) is 0 Å². The maximum Gasteiger partial charge on any atom is -0.00703 e. The Labute approximate surface area is 75.7 Å². The van der Waals surface area contributed by atoms with E-state index in [4.69, 9.17) is 0 Å². The first-order chi connectivity index (χ1) is 5.52. The number of hydrogen-bond acceptors (Lipinski definition) is 0. The zero-order valence-electron chi connectivity index (χ0n) is 8.73. The van der Waals surface area contributed by atoms with Crippen LogP contribution >= 0.6 is 0 Å². The first-order valence-corrected chi connectivity index (χ1v) is 4.57. The summed E-state index contributed by atoms with van der Waals surface area (Å²) in [6.45, 7) is 11.0. The molecule has 0 N–H and O–H groups in total. The Morgan fingerprint density at radius 3 is 1.50 bits per heavy atom. The Balaban J connectivity index is 3.18. The van der Waals surface area contributed by atoms with Gasteiger partial charge in [-0.15, -0.1) is 0 Å². The Morgan fingerprint density at radius 1 is 0.833 bits per heavy atom. The molecule has 1 aliphatic rings. The Bertz CT molecular complexity index is 246. The first-order valence-electron chi connectivity index (χ1n) is 4.57. The summed E-state index contributed by atoms with van der Waals surface area (Å²) in [4.78, 5) is 0. The molecule has 12 heavy (non-hydrogen) atoms. The molecule has 0 bridgehead atoms. The molecule has 0 saturated heterocycles. The molecule has 66 valence electrons. The van der Waals surface area contributed by atoms with Crippen molar-refractivity contribution in [3.05, 3.63) is 34.4 Å². The summed E-state index contributed by atoms with van der Waals surface area (Å²) in [6.07, 6.45) is 4.66. The molecule has 0 nitrogen and oxygen atoms in total. The molecule has 0 atom stereocenters. The Hall–Kier alpha value is -0.780. The van der Waals surface area contributed by atoms with E-state index in [0.29, 0.717) is 5.92 Å². The van der Waals surface area contributed by atoms with Gasteiger partial charge in [-0.1, -0.05) is 30.2 Å². The lowest BCUT2D eigenvalue weighted by Crippen LogP contribution is -1.85. The smallest absolute Gasteiger partial charge is 0.00703 e. The molecule has 0 saturated carbocycles. The van der Waals surface area contributed by atoms with Gasteiger partial charge in [-0.25, -0.2) is 0 Å². The van der Waals surface area contributed by atoms with E-state index in [1.807, 2.05) is 0 Å². The first kappa shape index (κ1) is 9.31. The molecule has 0 radical (unpaired) electrons. The molecule has 0 spiro atoms. The van der Waals surface area contributed by atoms with Crippen molar-refractivity contribution in [2.24, 2.45) is 5.92 Å². The van der Waals surface area contributed by atoms with Gasteiger partial charge in [0, 0.05) is 0 Å². The van der Waals surface area contributed by atoms with Crippen LogP contribution in [0.2, 0.25) is 0 Å². The molecule has 0 amide bonds. The highest BCUT2D eigenvalue weighted by Gasteiger charge is 2.07. The molecule has 0 heterocycles. The minimum Gasteiger partial charge on any atom is -0.0747 e. The second-order valence-electron chi connectivity index (χ2n) is 3.81. The van der Waals surface area contributed by atoms with Gasteiger partial charge < -0.3 is 0 Å². The van der Waals surface area contributed by atoms with Crippen LogP contribution in [0.4, 0.5) is 0 Å². The van der Waals surface area contributed by atoms with E-state index in [-0.39, 0.29) is 0 Å². The lowest BCUT2D eigenvalue weighted by atomic mass is 10.0. The minimum atomic E-state index is 0.581. The number of rotatable bonds is 0. The largest absolute Gasteiger partial charge is 0.0747 e. The van der Waals surface area contributed by atoms with Gasteiger partial charge in [0.2, 0.25) is 0 Å². The average Bonchev–Trinajstić information content (AvgIpc) is 2.05. The van der Waals surface area contributed by atoms with Crippen LogP contribution in [0.25, 0.3) is 0 Å². The predicted molar refractivity (Wildman–Crippen MR) is 55.1 cm³/mol. The Morgan fingerprint density at radius 2 is 1.17 bits per heavy atom. The fourth-order valence-corrected chi connectivity index (χ4v) is 1.68. The second-order valence-corrected chi connectivity index (χ2v) is 3.81. The van der Waals surface area contributed by atoms with Crippen molar-refractivity contribution in [1.29, 1.82) is 0 Å². The maximum atomic E-state index is 2.33. The fourth-order valence-electron chi connectivity index (χ4n) is 1.68. The van der Waals surface area contributed by atoms with Crippen LogP contribution in [-0.2, 0) is 0 Å². The summed E-state index contributed by atoms with van der Waals surface area (Å²) in [5.74, 6) is 0.581. The van der Waals surface area contributed by atoms with Gasteiger partial charge >= 0.3 is 0 Å². The highest BCUT2D eigenvalue weighted by atomic mass is 14.1. The normalized spacial score (nSPS) is 20.4. The molecule has 0 heteroatoms. The monoisotopic (exact) mass is 162 g/mol. The standard InChI is InChI=1S/C12H18/c1-8-6-9(2)11(4)12(5)10(3)7-8/h6-8H,1-5H3. The van der Waals surface area contributed by atoms with E-state index in [1.165, 1.54) is 22.3 Å². The average molecular weight is 162 g/mol. The summed E-state index contributed by atoms with van der Waals surface area (Å²) in [5.41, 5.74) is 5.72. The van der Waals surface area contributed by atoms with Gasteiger partial charge in [0.1, 0.15) is 0 Å². The molecule has 1 aliphatic carbocycles. The van der Waals surface area contributed by atoms with Crippen LogP contribution in [0.15, 0.2) is 34.4 Å². The molecule has 0 aromatic carbocycles. The van der Waals surface area contributed by atoms with Crippen molar-refractivity contribution >= 4 is 0 Å². The van der Waals surface area contributed by atoms with Crippen LogP contribution in [0.3, 0.4) is 0 Å². The second kappa shape index (κ2) is 3.30. The van der Waals surface area contributed by atoms with E-state index < -0.39 is 0 Å². The molecule has 1 rings (SSSR count). The third-order valence-electron chi connectivity index (χ3n) is 2.77. The highest BCUT2D eigenvalue weighted by Crippen LogP contribution is 2.26. The third-order valence-corrected chi connectivity index (χ3v) is 2.77. The van der Waals surface area contributed by atoms with Crippen LogP contribution in [0.5, 0.6) is 0 Å². The predicted octanol–water partition coefficient (Wildman–Crippen LogP) is 3.87. The highest BCUT2D eigenvalue weighted by molar-refractivity contribution is 5.44. The third kappa shape index (κ3) is 1.69. The van der Waals surface area contributed by atoms with E-state index in [2.05, 4.69) is 46.8 Å². The van der Waals surface area contributed by atoms with Gasteiger partial charge in [0.25, 0.3) is 0 Å². The summed E-state index contributed by atoms with van der Waals surface area (Å²) >= 11 is 0. The van der Waals surface area contributed by atoms with E-state index in [9.17, 15) is 0 Å². The van der Waals surface area contributed by atoms with Crippen molar-refractivity contribution in [2.45, 2.75) is 34.6 Å². The summed E-state index contributed by atoms with van der Waals surface area (Å²) in [5, 5.41) is 0. The summed E-state index contributed by atoms with van der Waals surface area (Å²) in [6, 6.07) is 0. The Kier molecular flexibility index (Phi) is 2.56. The van der Waals surface area contributed by atoms with Crippen molar-refractivity contribution in [3.63, 3.8) is 0 Å². The van der Waals surface area contributed by atoms with Crippen LogP contribution in [0.1, 0.15) is 34.6 Å². The van der Waals surface area contributed by atoms with Crippen LogP contribution in [-0.4, -0.2) is 0 Å². The van der Waals surface area contributed by atoms with Crippen LogP contribution in [0, 0.1) is 5.92 Å². The summed E-state index contributed by atoms with van der Waals surface area (Å²) in [7, 11) is 0. The van der Waals surface area contributed by atoms with E-state index in [1.54, 1.807) is 0 Å². The maximum absolute atomic E-state index is 2.33. The molecule has 0 aliphatic heterocycles. The molecular formula is C12H18. The van der Waals surface area contributed by atoms with E-state index >= 15 is 0 Å². The van der Waals surface area contributed by atoms with Crippen molar-refractivity contribution < 1.29 is 0 Å². The molecule has 0 aromatic heterocycles. The van der Waals surface area contributed by atoms with Crippen molar-refractivity contribution in [1.82, 2.24) is 0 Å². The van der Waals surface area contributed by atoms with E-state index in [0.717, 1.165) is 0 Å². The molecule has 0 aromatic rings. The molecule has 0 unspecified atom stereocenters. The van der Waals surface area contributed by atoms with Gasteiger partial charge in [-0.05, 0) is 44.8 Å². The molecular weight excluding hydrogens is 144 g/mol. The lowest BCUT2D eigenvalue weighted by Gasteiger charge is -2.05. The lowest BCUT2D eigenvalue weighted by molar-refractivity contribution is 0.923.